The number of imidazole rings is 1. The predicted molar refractivity (Wildman–Crippen MR) is 112 cm³/mol. The zero-order valence-corrected chi connectivity index (χ0v) is 17.3. The predicted octanol–water partition coefficient (Wildman–Crippen LogP) is 2.48. The fourth-order valence-corrected chi connectivity index (χ4v) is 2.75. The fraction of sp³-hybridized carbons (Fsp3) is 0.353. The van der Waals surface area contributed by atoms with Gasteiger partial charge in [-0.15, -0.1) is 24.8 Å². The zero-order chi connectivity index (χ0) is 18.1. The van der Waals surface area contributed by atoms with Gasteiger partial charge in [0.15, 0.2) is 0 Å². The molecule has 1 atom stereocenters. The van der Waals surface area contributed by atoms with Gasteiger partial charge in [0.2, 0.25) is 0 Å². The van der Waals surface area contributed by atoms with Gasteiger partial charge in [-0.1, -0.05) is 12.1 Å². The number of amides is 1. The number of H-pyrrole nitrogens is 1. The maximum Gasteiger partial charge on any atom is 0.326 e. The normalized spacial score (nSPS) is 11.0. The highest BCUT2D eigenvalue weighted by Crippen LogP contribution is 2.08. The van der Waals surface area contributed by atoms with Crippen LogP contribution >= 0.6 is 36.6 Å². The second kappa shape index (κ2) is 13.4. The number of aromatic nitrogens is 2. The molecule has 7 nitrogen and oxygen atoms in total. The number of carbonyl (C=O) groups excluding carboxylic acids is 1. The molecule has 0 unspecified atom stereocenters. The SMILES string of the molecule is CSCC[C@H](NC(=O)c1cccc(CNCc2cnc[nH]2)c1)C(=O)O.Cl.Cl. The molecule has 4 N–H and O–H groups in total. The van der Waals surface area contributed by atoms with Crippen LogP contribution < -0.4 is 10.6 Å². The van der Waals surface area contributed by atoms with Crippen molar-refractivity contribution in [2.75, 3.05) is 12.0 Å². The van der Waals surface area contributed by atoms with Crippen LogP contribution in [0.3, 0.4) is 0 Å². The standard InChI is InChI=1S/C17H22N4O3S.2ClH/c1-25-6-5-15(17(23)24)21-16(22)13-4-2-3-12(7-13)8-18-9-14-10-19-11-20-14;;/h2-4,7,10-11,15,18H,5-6,8-9H2,1H3,(H,19,20)(H,21,22)(H,23,24);2*1H/t15-;;/m0../s1. The number of hydrogen-bond acceptors (Lipinski definition) is 5. The number of nitrogens with zero attached hydrogens (tertiary/aromatic N) is 1. The van der Waals surface area contributed by atoms with Crippen molar-refractivity contribution >= 4 is 48.5 Å². The number of thioether (sulfide) groups is 1. The maximum atomic E-state index is 12.3. The van der Waals surface area contributed by atoms with E-state index in [1.807, 2.05) is 12.3 Å². The quantitative estimate of drug-likeness (QED) is 0.457. The van der Waals surface area contributed by atoms with Crippen molar-refractivity contribution in [1.82, 2.24) is 20.6 Å². The number of nitrogens with one attached hydrogen (secondary N) is 3. The highest BCUT2D eigenvalue weighted by Gasteiger charge is 2.20. The van der Waals surface area contributed by atoms with Crippen molar-refractivity contribution in [2.45, 2.75) is 25.6 Å². The molecule has 0 aliphatic heterocycles. The number of aromatic amines is 1. The van der Waals surface area contributed by atoms with Crippen molar-refractivity contribution in [3.05, 3.63) is 53.6 Å². The van der Waals surface area contributed by atoms with Crippen LogP contribution in [0.4, 0.5) is 0 Å². The van der Waals surface area contributed by atoms with E-state index in [-0.39, 0.29) is 30.7 Å². The third kappa shape index (κ3) is 8.66. The Balaban J connectivity index is 0.00000338. The molecule has 2 rings (SSSR count). The number of aliphatic carboxylic acids is 1. The number of carboxylic acids is 1. The van der Waals surface area contributed by atoms with Crippen LogP contribution in [-0.2, 0) is 17.9 Å². The van der Waals surface area contributed by atoms with Crippen molar-refractivity contribution in [2.24, 2.45) is 0 Å². The lowest BCUT2D eigenvalue weighted by atomic mass is 10.1. The Kier molecular flexibility index (Phi) is 12.6. The van der Waals surface area contributed by atoms with Crippen LogP contribution in [0.15, 0.2) is 36.8 Å². The molecule has 0 saturated heterocycles. The molecule has 1 heterocycles. The summed E-state index contributed by atoms with van der Waals surface area (Å²) in [6.07, 6.45) is 5.67. The fourth-order valence-electron chi connectivity index (χ4n) is 2.28. The van der Waals surface area contributed by atoms with Gasteiger partial charge >= 0.3 is 5.97 Å². The van der Waals surface area contributed by atoms with Gasteiger partial charge in [0, 0.05) is 30.5 Å². The minimum atomic E-state index is -1.01. The largest absolute Gasteiger partial charge is 0.480 e. The number of rotatable bonds is 10. The third-order valence-corrected chi connectivity index (χ3v) is 4.25. The lowest BCUT2D eigenvalue weighted by Crippen LogP contribution is -2.41. The van der Waals surface area contributed by atoms with Crippen molar-refractivity contribution < 1.29 is 14.7 Å². The summed E-state index contributed by atoms with van der Waals surface area (Å²) >= 11 is 1.55. The van der Waals surface area contributed by atoms with Crippen LogP contribution in [0.25, 0.3) is 0 Å². The summed E-state index contributed by atoms with van der Waals surface area (Å²) in [4.78, 5) is 30.5. The molecule has 0 bridgehead atoms. The minimum absolute atomic E-state index is 0. The second-order valence-electron chi connectivity index (χ2n) is 5.53. The highest BCUT2D eigenvalue weighted by molar-refractivity contribution is 7.98. The summed E-state index contributed by atoms with van der Waals surface area (Å²) in [6, 6.07) is 6.28. The lowest BCUT2D eigenvalue weighted by molar-refractivity contribution is -0.139. The van der Waals surface area contributed by atoms with Crippen LogP contribution in [-0.4, -0.2) is 45.0 Å². The average molecular weight is 435 g/mol. The summed E-state index contributed by atoms with van der Waals surface area (Å²) in [6.45, 7) is 1.24. The van der Waals surface area contributed by atoms with E-state index in [9.17, 15) is 14.7 Å². The Hall–Kier alpha value is -1.74. The molecule has 27 heavy (non-hydrogen) atoms. The topological polar surface area (TPSA) is 107 Å². The molecule has 0 fully saturated rings. The smallest absolute Gasteiger partial charge is 0.326 e. The molecule has 2 aromatic rings. The van der Waals surface area contributed by atoms with Crippen LogP contribution in [0.2, 0.25) is 0 Å². The number of carboxylic acid groups (broad SMARTS) is 1. The first-order valence-corrected chi connectivity index (χ1v) is 9.29. The van der Waals surface area contributed by atoms with E-state index in [1.54, 1.807) is 42.5 Å². The van der Waals surface area contributed by atoms with Gasteiger partial charge in [-0.05, 0) is 36.1 Å². The molecule has 1 amide bonds. The molecule has 0 radical (unpaired) electrons. The number of hydrogen-bond donors (Lipinski definition) is 4. The third-order valence-electron chi connectivity index (χ3n) is 3.60. The number of halogens is 2. The van der Waals surface area contributed by atoms with Gasteiger partial charge in [0.05, 0.1) is 6.33 Å². The van der Waals surface area contributed by atoms with Crippen LogP contribution in [0.1, 0.15) is 28.0 Å². The summed E-state index contributed by atoms with van der Waals surface area (Å²) in [5.41, 5.74) is 2.38. The van der Waals surface area contributed by atoms with Crippen LogP contribution in [0, 0.1) is 0 Å². The van der Waals surface area contributed by atoms with E-state index in [1.165, 1.54) is 0 Å². The van der Waals surface area contributed by atoms with Gasteiger partial charge in [-0.2, -0.15) is 11.8 Å². The molecule has 0 saturated carbocycles. The molecule has 1 aromatic carbocycles. The summed E-state index contributed by atoms with van der Waals surface area (Å²) in [5, 5.41) is 15.1. The van der Waals surface area contributed by atoms with Crippen molar-refractivity contribution in [3.63, 3.8) is 0 Å². The molecule has 0 spiro atoms. The summed E-state index contributed by atoms with van der Waals surface area (Å²) < 4.78 is 0. The van der Waals surface area contributed by atoms with Crippen LogP contribution in [0.5, 0.6) is 0 Å². The molecule has 0 aliphatic carbocycles. The molecular formula is C17H24Cl2N4O3S. The van der Waals surface area contributed by atoms with E-state index >= 15 is 0 Å². The molecule has 10 heteroatoms. The van der Waals surface area contributed by atoms with Crippen molar-refractivity contribution in [3.8, 4) is 0 Å². The minimum Gasteiger partial charge on any atom is -0.480 e. The van der Waals surface area contributed by atoms with Gasteiger partial charge < -0.3 is 20.7 Å². The average Bonchev–Trinajstić information content (AvgIpc) is 3.12. The summed E-state index contributed by atoms with van der Waals surface area (Å²) in [5.74, 6) is -0.710. The Labute approximate surface area is 174 Å². The Morgan fingerprint density at radius 1 is 1.30 bits per heavy atom. The first-order valence-electron chi connectivity index (χ1n) is 7.89. The number of benzene rings is 1. The molecule has 150 valence electrons. The number of carbonyl (C=O) groups is 2. The Morgan fingerprint density at radius 3 is 2.70 bits per heavy atom. The second-order valence-corrected chi connectivity index (χ2v) is 6.51. The molecule has 1 aromatic heterocycles. The van der Waals surface area contributed by atoms with Gasteiger partial charge in [0.25, 0.3) is 5.91 Å². The van der Waals surface area contributed by atoms with E-state index in [0.29, 0.717) is 30.8 Å². The maximum absolute atomic E-state index is 12.3. The van der Waals surface area contributed by atoms with E-state index < -0.39 is 12.0 Å². The molecule has 0 aliphatic rings. The van der Waals surface area contributed by atoms with E-state index in [4.69, 9.17) is 0 Å². The first kappa shape index (κ1) is 25.3. The first-order chi connectivity index (χ1) is 12.1. The zero-order valence-electron chi connectivity index (χ0n) is 14.8. The monoisotopic (exact) mass is 434 g/mol. The van der Waals surface area contributed by atoms with E-state index in [2.05, 4.69) is 20.6 Å². The summed E-state index contributed by atoms with van der Waals surface area (Å²) in [7, 11) is 0. The highest BCUT2D eigenvalue weighted by atomic mass is 35.5. The molecular weight excluding hydrogens is 411 g/mol. The Bertz CT molecular complexity index is 701. The lowest BCUT2D eigenvalue weighted by Gasteiger charge is -2.14. The van der Waals surface area contributed by atoms with Crippen molar-refractivity contribution in [1.29, 1.82) is 0 Å². The van der Waals surface area contributed by atoms with Gasteiger partial charge in [-0.25, -0.2) is 9.78 Å². The van der Waals surface area contributed by atoms with Gasteiger partial charge in [-0.3, -0.25) is 4.79 Å². The van der Waals surface area contributed by atoms with E-state index in [0.717, 1.165) is 11.3 Å². The van der Waals surface area contributed by atoms with Gasteiger partial charge in [0.1, 0.15) is 6.04 Å². The Morgan fingerprint density at radius 2 is 2.07 bits per heavy atom.